The maximum atomic E-state index is 13.0. The van der Waals surface area contributed by atoms with Gasteiger partial charge in [-0.1, -0.05) is 103 Å². The maximum Gasteiger partial charge on any atom is 0.228 e. The molecule has 0 bridgehead atoms. The van der Waals surface area contributed by atoms with Crippen molar-refractivity contribution in [1.82, 2.24) is 0 Å². The molecule has 5 rings (SSSR count). The molecule has 0 spiro atoms. The van der Waals surface area contributed by atoms with E-state index in [4.69, 9.17) is 0 Å². The second kappa shape index (κ2) is 12.5. The molecule has 0 aliphatic heterocycles. The first kappa shape index (κ1) is 26.4. The highest BCUT2D eigenvalue weighted by atomic mass is 35.5. The van der Waals surface area contributed by atoms with E-state index in [9.17, 15) is 4.79 Å². The van der Waals surface area contributed by atoms with Gasteiger partial charge in [0.05, 0.1) is 6.42 Å². The van der Waals surface area contributed by atoms with Crippen LogP contribution in [0.5, 0.6) is 0 Å². The summed E-state index contributed by atoms with van der Waals surface area (Å²) in [5.74, 6) is -0.00304. The van der Waals surface area contributed by atoms with Gasteiger partial charge in [-0.05, 0) is 48.0 Å². The van der Waals surface area contributed by atoms with Crippen molar-refractivity contribution < 1.29 is 17.2 Å². The number of carbonyl (C=O) groups is 1. The lowest BCUT2D eigenvalue weighted by Crippen LogP contribution is -3.00. The van der Waals surface area contributed by atoms with Crippen molar-refractivity contribution in [2.24, 2.45) is 0 Å². The first-order chi connectivity index (χ1) is 17.8. The summed E-state index contributed by atoms with van der Waals surface area (Å²) in [5.41, 5.74) is 3.03. The van der Waals surface area contributed by atoms with E-state index >= 15 is 0 Å². The Kier molecular flexibility index (Phi) is 8.90. The average Bonchev–Trinajstić information content (AvgIpc) is 2.94. The second-order valence-corrected chi connectivity index (χ2v) is 12.3. The van der Waals surface area contributed by atoms with Gasteiger partial charge in [-0.25, -0.2) is 0 Å². The topological polar surface area (TPSA) is 29.1 Å². The molecule has 2 nitrogen and oxygen atoms in total. The highest BCUT2D eigenvalue weighted by Gasteiger charge is 2.45. The van der Waals surface area contributed by atoms with E-state index in [1.807, 2.05) is 42.5 Å². The fourth-order valence-corrected chi connectivity index (χ4v) is 9.05. The van der Waals surface area contributed by atoms with Crippen LogP contribution in [0, 0.1) is 0 Å². The van der Waals surface area contributed by atoms with Gasteiger partial charge in [0.25, 0.3) is 0 Å². The number of anilines is 1. The summed E-state index contributed by atoms with van der Waals surface area (Å²) in [6, 6.07) is 50.6. The number of rotatable bonds is 8. The smallest absolute Gasteiger partial charge is 0.228 e. The molecular formula is C33H29ClNOP. The number of para-hydroxylation sites is 1. The van der Waals surface area contributed by atoms with Crippen LogP contribution in [0.2, 0.25) is 0 Å². The number of amides is 1. The third-order valence-electron chi connectivity index (χ3n) is 6.50. The van der Waals surface area contributed by atoms with Crippen LogP contribution in [0.15, 0.2) is 146 Å². The lowest BCUT2D eigenvalue weighted by molar-refractivity contribution is -0.115. The van der Waals surface area contributed by atoms with Crippen LogP contribution in [0.1, 0.15) is 11.1 Å². The first-order valence-corrected chi connectivity index (χ1v) is 14.2. The average molecular weight is 522 g/mol. The van der Waals surface area contributed by atoms with Crippen molar-refractivity contribution in [3.63, 3.8) is 0 Å². The summed E-state index contributed by atoms with van der Waals surface area (Å²) in [7, 11) is -2.06. The van der Waals surface area contributed by atoms with Gasteiger partial charge in [-0.3, -0.25) is 4.79 Å². The van der Waals surface area contributed by atoms with Crippen LogP contribution in [-0.4, -0.2) is 5.91 Å². The normalized spacial score (nSPS) is 10.8. The molecule has 0 saturated carbocycles. The molecule has 0 unspecified atom stereocenters. The van der Waals surface area contributed by atoms with Crippen LogP contribution in [0.3, 0.4) is 0 Å². The van der Waals surface area contributed by atoms with Crippen molar-refractivity contribution in [3.05, 3.63) is 157 Å². The number of nitrogens with one attached hydrogen (secondary N) is 1. The minimum atomic E-state index is -2.06. The Hall–Kier alpha value is -3.71. The molecule has 1 N–H and O–H groups in total. The zero-order valence-electron chi connectivity index (χ0n) is 20.5. The van der Waals surface area contributed by atoms with Gasteiger partial charge in [0, 0.05) is 11.3 Å². The Balaban J connectivity index is 0.00000320. The Morgan fingerprint density at radius 3 is 1.43 bits per heavy atom. The largest absolute Gasteiger partial charge is 1.00 e. The van der Waals surface area contributed by atoms with Gasteiger partial charge in [-0.15, -0.1) is 0 Å². The summed E-state index contributed by atoms with van der Waals surface area (Å²) >= 11 is 0. The van der Waals surface area contributed by atoms with Gasteiger partial charge >= 0.3 is 0 Å². The third-order valence-corrected chi connectivity index (χ3v) is 10.9. The van der Waals surface area contributed by atoms with Gasteiger partial charge in [0.2, 0.25) is 5.91 Å². The quantitative estimate of drug-likeness (QED) is 0.312. The molecule has 0 saturated heterocycles. The molecule has 37 heavy (non-hydrogen) atoms. The molecule has 0 aliphatic carbocycles. The molecule has 0 aromatic heterocycles. The molecule has 0 fully saturated rings. The van der Waals surface area contributed by atoms with Gasteiger partial charge in [-0.2, -0.15) is 0 Å². The van der Waals surface area contributed by atoms with E-state index < -0.39 is 7.26 Å². The van der Waals surface area contributed by atoms with E-state index in [0.717, 1.165) is 23.0 Å². The van der Waals surface area contributed by atoms with E-state index in [0.29, 0.717) is 6.42 Å². The van der Waals surface area contributed by atoms with Crippen molar-refractivity contribution in [1.29, 1.82) is 0 Å². The summed E-state index contributed by atoms with van der Waals surface area (Å²) in [6.45, 7) is 0. The second-order valence-electron chi connectivity index (χ2n) is 8.84. The van der Waals surface area contributed by atoms with E-state index in [-0.39, 0.29) is 18.3 Å². The molecule has 4 heteroatoms. The zero-order valence-corrected chi connectivity index (χ0v) is 22.2. The molecule has 0 heterocycles. The Bertz CT molecular complexity index is 1310. The van der Waals surface area contributed by atoms with Crippen molar-refractivity contribution in [2.45, 2.75) is 12.6 Å². The molecule has 0 radical (unpaired) electrons. The molecular weight excluding hydrogens is 493 g/mol. The monoisotopic (exact) mass is 521 g/mol. The Morgan fingerprint density at radius 1 is 0.541 bits per heavy atom. The minimum Gasteiger partial charge on any atom is -1.00 e. The van der Waals surface area contributed by atoms with E-state index in [1.165, 1.54) is 15.9 Å². The summed E-state index contributed by atoms with van der Waals surface area (Å²) in [5, 5.41) is 7.19. The number of benzene rings is 5. The van der Waals surface area contributed by atoms with Crippen molar-refractivity contribution >= 4 is 34.8 Å². The highest BCUT2D eigenvalue weighted by molar-refractivity contribution is 7.95. The predicted molar refractivity (Wildman–Crippen MR) is 154 cm³/mol. The molecule has 0 aliphatic rings. The minimum absolute atomic E-state index is 0. The standard InChI is InChI=1S/C33H28NOP.ClH/c35-33(25-27-15-5-1-6-16-27)34-32-24-14-13-17-28(32)26-36(29-18-7-2-8-19-29,30-20-9-3-10-21-30)31-22-11-4-12-23-31;/h1-24H,25-26H2;1H. The first-order valence-electron chi connectivity index (χ1n) is 12.2. The predicted octanol–water partition coefficient (Wildman–Crippen LogP) is 3.37. The van der Waals surface area contributed by atoms with Crippen molar-refractivity contribution in [2.75, 3.05) is 5.32 Å². The fourth-order valence-electron chi connectivity index (χ4n) is 4.78. The highest BCUT2D eigenvalue weighted by Crippen LogP contribution is 2.58. The number of hydrogen-bond acceptors (Lipinski definition) is 1. The third kappa shape index (κ3) is 6.00. The summed E-state index contributed by atoms with van der Waals surface area (Å²) in [6.07, 6.45) is 1.17. The Morgan fingerprint density at radius 2 is 0.946 bits per heavy atom. The molecule has 0 atom stereocenters. The summed E-state index contributed by atoms with van der Waals surface area (Å²) in [4.78, 5) is 13.0. The van der Waals surface area contributed by atoms with E-state index in [2.05, 4.69) is 108 Å². The van der Waals surface area contributed by atoms with Crippen molar-refractivity contribution in [3.8, 4) is 0 Å². The molecule has 5 aromatic carbocycles. The van der Waals surface area contributed by atoms with E-state index in [1.54, 1.807) is 0 Å². The summed E-state index contributed by atoms with van der Waals surface area (Å²) < 4.78 is 0. The number of halogens is 1. The van der Waals surface area contributed by atoms with Crippen LogP contribution in [-0.2, 0) is 17.4 Å². The number of hydrogen-bond donors (Lipinski definition) is 1. The molecule has 5 aromatic rings. The maximum absolute atomic E-state index is 13.0. The lowest BCUT2D eigenvalue weighted by atomic mass is 10.1. The van der Waals surface area contributed by atoms with Gasteiger partial charge < -0.3 is 17.7 Å². The van der Waals surface area contributed by atoms with Crippen LogP contribution >= 0.6 is 7.26 Å². The van der Waals surface area contributed by atoms with Gasteiger partial charge in [0.1, 0.15) is 29.3 Å². The lowest BCUT2D eigenvalue weighted by Gasteiger charge is -2.28. The zero-order chi connectivity index (χ0) is 24.6. The van der Waals surface area contributed by atoms with Crippen LogP contribution in [0.25, 0.3) is 0 Å². The molecule has 184 valence electrons. The Labute approximate surface area is 226 Å². The molecule has 1 amide bonds. The van der Waals surface area contributed by atoms with Crippen LogP contribution < -0.4 is 33.6 Å². The number of carbonyl (C=O) groups excluding carboxylic acids is 1. The SMILES string of the molecule is O=C(Cc1ccccc1)Nc1ccccc1C[P+](c1ccccc1)(c1ccccc1)c1ccccc1.[Cl-]. The van der Waals surface area contributed by atoms with Gasteiger partial charge in [0.15, 0.2) is 0 Å². The van der Waals surface area contributed by atoms with Crippen LogP contribution in [0.4, 0.5) is 5.69 Å². The fraction of sp³-hybridized carbons (Fsp3) is 0.0606.